The van der Waals surface area contributed by atoms with Gasteiger partial charge >= 0.3 is 12.0 Å². The highest BCUT2D eigenvalue weighted by Crippen LogP contribution is 2.40. The average molecular weight is 394 g/mol. The van der Waals surface area contributed by atoms with Gasteiger partial charge in [0, 0.05) is 6.54 Å². The van der Waals surface area contributed by atoms with E-state index in [1.807, 2.05) is 62.4 Å². The van der Waals surface area contributed by atoms with Crippen LogP contribution in [0, 0.1) is 5.92 Å². The van der Waals surface area contributed by atoms with Gasteiger partial charge in [0.05, 0.1) is 0 Å². The van der Waals surface area contributed by atoms with Crippen molar-refractivity contribution in [3.05, 3.63) is 71.8 Å². The topological polar surface area (TPSA) is 77.9 Å². The Labute approximate surface area is 170 Å². The predicted octanol–water partition coefficient (Wildman–Crippen LogP) is 3.87. The van der Waals surface area contributed by atoms with Crippen LogP contribution in [-0.4, -0.2) is 38.9 Å². The van der Waals surface area contributed by atoms with Crippen molar-refractivity contribution in [3.8, 4) is 0 Å². The lowest BCUT2D eigenvalue weighted by atomic mass is 9.89. The maximum atomic E-state index is 13.6. The third-order valence-electron chi connectivity index (χ3n) is 5.42. The van der Waals surface area contributed by atoms with E-state index in [2.05, 4.69) is 0 Å². The molecule has 1 heterocycles. The van der Waals surface area contributed by atoms with Crippen LogP contribution in [0.2, 0.25) is 0 Å². The zero-order valence-electron chi connectivity index (χ0n) is 16.9. The number of amides is 3. The first-order valence-electron chi connectivity index (χ1n) is 9.74. The van der Waals surface area contributed by atoms with E-state index in [9.17, 15) is 19.5 Å². The third kappa shape index (κ3) is 3.75. The molecule has 0 saturated carbocycles. The molecule has 1 saturated heterocycles. The highest BCUT2D eigenvalue weighted by atomic mass is 16.4. The van der Waals surface area contributed by atoms with Gasteiger partial charge in [0.2, 0.25) is 0 Å². The molecule has 6 heteroatoms. The Balaban J connectivity index is 2.09. The summed E-state index contributed by atoms with van der Waals surface area (Å²) in [5.41, 5.74) is 0.248. The number of benzene rings is 2. The lowest BCUT2D eigenvalue weighted by Crippen LogP contribution is -2.47. The van der Waals surface area contributed by atoms with E-state index < -0.39 is 29.5 Å². The standard InChI is InChI=1S/C23H26N2O4/c1-16(2)14-19(20(26)27)25-21(28)23(3,18-12-8-5-9-13-18)24(22(25)29)15-17-10-6-4-7-11-17/h4-13,16,19H,14-15H2,1-3H3,(H,26,27)/t19-,23-/m0/s1. The van der Waals surface area contributed by atoms with Gasteiger partial charge in [0.1, 0.15) is 11.6 Å². The summed E-state index contributed by atoms with van der Waals surface area (Å²) in [5, 5.41) is 9.77. The number of aliphatic carboxylic acids is 1. The molecule has 0 aliphatic carbocycles. The number of imide groups is 1. The Hall–Kier alpha value is -3.15. The molecule has 29 heavy (non-hydrogen) atoms. The molecule has 6 nitrogen and oxygen atoms in total. The molecule has 1 aliphatic rings. The number of hydrogen-bond acceptors (Lipinski definition) is 3. The fraction of sp³-hybridized carbons (Fsp3) is 0.348. The van der Waals surface area contributed by atoms with Crippen LogP contribution in [-0.2, 0) is 21.7 Å². The molecular weight excluding hydrogens is 368 g/mol. The van der Waals surface area contributed by atoms with Crippen molar-refractivity contribution >= 4 is 17.9 Å². The molecule has 2 aromatic rings. The van der Waals surface area contributed by atoms with E-state index in [4.69, 9.17) is 0 Å². The molecule has 1 N–H and O–H groups in total. The highest BCUT2D eigenvalue weighted by Gasteiger charge is 2.58. The van der Waals surface area contributed by atoms with Crippen LogP contribution >= 0.6 is 0 Å². The van der Waals surface area contributed by atoms with Gasteiger partial charge in [0.25, 0.3) is 5.91 Å². The fourth-order valence-corrected chi connectivity index (χ4v) is 3.83. The summed E-state index contributed by atoms with van der Waals surface area (Å²) in [6, 6.07) is 16.7. The van der Waals surface area contributed by atoms with Crippen LogP contribution in [0.25, 0.3) is 0 Å². The molecule has 2 atom stereocenters. The lowest BCUT2D eigenvalue weighted by molar-refractivity contribution is -0.148. The zero-order chi connectivity index (χ0) is 21.2. The number of carbonyl (C=O) groups excluding carboxylic acids is 2. The SMILES string of the molecule is CC(C)C[C@@H](C(=O)O)N1C(=O)N(Cc2ccccc2)[C@@](C)(c2ccccc2)C1=O. The maximum Gasteiger partial charge on any atom is 0.329 e. The number of carbonyl (C=O) groups is 3. The quantitative estimate of drug-likeness (QED) is 0.723. The van der Waals surface area contributed by atoms with E-state index >= 15 is 0 Å². The summed E-state index contributed by atoms with van der Waals surface area (Å²) >= 11 is 0. The van der Waals surface area contributed by atoms with Crippen LogP contribution in [0.3, 0.4) is 0 Å². The van der Waals surface area contributed by atoms with Crippen LogP contribution in [0.15, 0.2) is 60.7 Å². The molecular formula is C23H26N2O4. The number of hydrogen-bond donors (Lipinski definition) is 1. The highest BCUT2D eigenvalue weighted by molar-refractivity contribution is 6.09. The molecule has 0 spiro atoms. The normalized spacial score (nSPS) is 20.4. The maximum absolute atomic E-state index is 13.6. The number of carboxylic acids is 1. The first-order chi connectivity index (χ1) is 13.8. The van der Waals surface area contributed by atoms with E-state index in [0.29, 0.717) is 5.56 Å². The molecule has 0 aromatic heterocycles. The van der Waals surface area contributed by atoms with Crippen LogP contribution < -0.4 is 0 Å². The fourth-order valence-electron chi connectivity index (χ4n) is 3.83. The third-order valence-corrected chi connectivity index (χ3v) is 5.42. The second kappa shape index (κ2) is 8.07. The van der Waals surface area contributed by atoms with Crippen molar-refractivity contribution in [2.24, 2.45) is 5.92 Å². The van der Waals surface area contributed by atoms with Crippen molar-refractivity contribution in [1.82, 2.24) is 9.80 Å². The van der Waals surface area contributed by atoms with E-state index in [0.717, 1.165) is 10.5 Å². The van der Waals surface area contributed by atoms with Gasteiger partial charge in [-0.2, -0.15) is 0 Å². The number of rotatable bonds is 7. The smallest absolute Gasteiger partial charge is 0.329 e. The van der Waals surface area contributed by atoms with Gasteiger partial charge in [0.15, 0.2) is 0 Å². The van der Waals surface area contributed by atoms with E-state index in [-0.39, 0.29) is 18.9 Å². The summed E-state index contributed by atoms with van der Waals surface area (Å²) in [5.74, 6) is -1.65. The average Bonchev–Trinajstić information content (AvgIpc) is 2.89. The molecule has 3 rings (SSSR count). The second-order valence-electron chi connectivity index (χ2n) is 7.95. The number of carboxylic acid groups (broad SMARTS) is 1. The van der Waals surface area contributed by atoms with Gasteiger partial charge in [-0.1, -0.05) is 74.5 Å². The Morgan fingerprint density at radius 1 is 1.00 bits per heavy atom. The van der Waals surface area contributed by atoms with E-state index in [1.54, 1.807) is 19.1 Å². The largest absolute Gasteiger partial charge is 0.480 e. The molecule has 1 aliphatic heterocycles. The molecule has 3 amide bonds. The number of urea groups is 1. The van der Waals surface area contributed by atoms with Gasteiger partial charge in [-0.25, -0.2) is 14.5 Å². The molecule has 0 radical (unpaired) electrons. The summed E-state index contributed by atoms with van der Waals surface area (Å²) in [6.45, 7) is 5.65. The first kappa shape index (κ1) is 20.6. The van der Waals surface area contributed by atoms with Gasteiger partial charge < -0.3 is 10.0 Å². The van der Waals surface area contributed by atoms with Crippen molar-refractivity contribution in [2.75, 3.05) is 0 Å². The summed E-state index contributed by atoms with van der Waals surface area (Å²) < 4.78 is 0. The minimum atomic E-state index is -1.28. The van der Waals surface area contributed by atoms with Crippen molar-refractivity contribution < 1.29 is 19.5 Å². The van der Waals surface area contributed by atoms with Gasteiger partial charge in [-0.3, -0.25) is 4.79 Å². The molecule has 152 valence electrons. The van der Waals surface area contributed by atoms with Crippen LogP contribution in [0.1, 0.15) is 38.3 Å². The van der Waals surface area contributed by atoms with Crippen molar-refractivity contribution in [3.63, 3.8) is 0 Å². The van der Waals surface area contributed by atoms with Crippen molar-refractivity contribution in [1.29, 1.82) is 0 Å². The molecule has 0 bridgehead atoms. The lowest BCUT2D eigenvalue weighted by Gasteiger charge is -2.32. The van der Waals surface area contributed by atoms with Crippen LogP contribution in [0.5, 0.6) is 0 Å². The van der Waals surface area contributed by atoms with Crippen molar-refractivity contribution in [2.45, 2.75) is 45.3 Å². The Bertz CT molecular complexity index is 898. The molecule has 2 aromatic carbocycles. The van der Waals surface area contributed by atoms with Gasteiger partial charge in [-0.05, 0) is 30.4 Å². The van der Waals surface area contributed by atoms with Gasteiger partial charge in [-0.15, -0.1) is 0 Å². The molecule has 1 fully saturated rings. The minimum absolute atomic E-state index is 0.0165. The van der Waals surface area contributed by atoms with E-state index in [1.165, 1.54) is 4.90 Å². The van der Waals surface area contributed by atoms with Crippen LogP contribution in [0.4, 0.5) is 4.79 Å². The monoisotopic (exact) mass is 394 g/mol. The Morgan fingerprint density at radius 2 is 1.55 bits per heavy atom. The molecule has 0 unspecified atom stereocenters. The Morgan fingerprint density at radius 3 is 2.07 bits per heavy atom. The predicted molar refractivity (Wildman–Crippen MR) is 109 cm³/mol. The summed E-state index contributed by atoms with van der Waals surface area (Å²) in [6.07, 6.45) is 0.205. The zero-order valence-corrected chi connectivity index (χ0v) is 16.9. The Kier molecular flexibility index (Phi) is 5.73. The second-order valence-corrected chi connectivity index (χ2v) is 7.95. The minimum Gasteiger partial charge on any atom is -0.480 e. The first-order valence-corrected chi connectivity index (χ1v) is 9.74. The summed E-state index contributed by atoms with van der Waals surface area (Å²) in [4.78, 5) is 41.4. The number of nitrogens with zero attached hydrogens (tertiary/aromatic N) is 2. The summed E-state index contributed by atoms with van der Waals surface area (Å²) in [7, 11) is 0.